The SMILES string of the molecule is CSc1sc2cnccc2c1C#N. The van der Waals surface area contributed by atoms with Crippen LogP contribution in [0.25, 0.3) is 10.1 Å². The number of rotatable bonds is 1. The van der Waals surface area contributed by atoms with E-state index in [0.717, 1.165) is 19.9 Å². The van der Waals surface area contributed by atoms with Crippen molar-refractivity contribution in [2.45, 2.75) is 4.21 Å². The number of nitriles is 1. The van der Waals surface area contributed by atoms with Gasteiger partial charge in [-0.15, -0.1) is 23.1 Å². The third-order valence-electron chi connectivity index (χ3n) is 1.76. The van der Waals surface area contributed by atoms with E-state index in [9.17, 15) is 0 Å². The molecule has 0 amide bonds. The molecule has 0 aromatic carbocycles. The fourth-order valence-corrected chi connectivity index (χ4v) is 2.99. The van der Waals surface area contributed by atoms with E-state index in [1.807, 2.05) is 12.3 Å². The molecular formula is C9H6N2S2. The van der Waals surface area contributed by atoms with E-state index in [-0.39, 0.29) is 0 Å². The molecular weight excluding hydrogens is 200 g/mol. The second kappa shape index (κ2) is 3.36. The highest BCUT2D eigenvalue weighted by Gasteiger charge is 2.09. The number of thioether (sulfide) groups is 1. The van der Waals surface area contributed by atoms with Crippen LogP contribution in [0.3, 0.4) is 0 Å². The van der Waals surface area contributed by atoms with Gasteiger partial charge in [0.1, 0.15) is 6.07 Å². The predicted molar refractivity (Wildman–Crippen MR) is 56.1 cm³/mol. The minimum atomic E-state index is 0.787. The number of thiophene rings is 1. The third-order valence-corrected chi connectivity index (χ3v) is 4.02. The Morgan fingerprint density at radius 2 is 2.46 bits per heavy atom. The maximum absolute atomic E-state index is 8.96. The lowest BCUT2D eigenvalue weighted by Crippen LogP contribution is -1.72. The van der Waals surface area contributed by atoms with Gasteiger partial charge in [-0.3, -0.25) is 4.98 Å². The van der Waals surface area contributed by atoms with Gasteiger partial charge in [0.05, 0.1) is 14.5 Å². The van der Waals surface area contributed by atoms with Gasteiger partial charge in [0, 0.05) is 17.8 Å². The van der Waals surface area contributed by atoms with Crippen molar-refractivity contribution < 1.29 is 0 Å². The first-order valence-corrected chi connectivity index (χ1v) is 5.71. The lowest BCUT2D eigenvalue weighted by atomic mass is 10.2. The molecule has 0 N–H and O–H groups in total. The third kappa shape index (κ3) is 1.30. The Balaban J connectivity index is 2.83. The number of fused-ring (bicyclic) bond motifs is 1. The summed E-state index contributed by atoms with van der Waals surface area (Å²) in [5.41, 5.74) is 0.787. The van der Waals surface area contributed by atoms with Crippen molar-refractivity contribution in [2.24, 2.45) is 0 Å². The Labute approximate surface area is 84.2 Å². The van der Waals surface area contributed by atoms with Crippen molar-refractivity contribution in [1.82, 2.24) is 4.98 Å². The van der Waals surface area contributed by atoms with E-state index < -0.39 is 0 Å². The molecule has 0 spiro atoms. The van der Waals surface area contributed by atoms with E-state index in [2.05, 4.69) is 11.1 Å². The number of nitrogens with zero attached hydrogens (tertiary/aromatic N) is 2. The smallest absolute Gasteiger partial charge is 0.102 e. The molecule has 0 radical (unpaired) electrons. The second-order valence-electron chi connectivity index (χ2n) is 2.45. The normalized spacial score (nSPS) is 10.2. The number of hydrogen-bond donors (Lipinski definition) is 0. The molecule has 4 heteroatoms. The van der Waals surface area contributed by atoms with Gasteiger partial charge in [0.25, 0.3) is 0 Å². The van der Waals surface area contributed by atoms with E-state index in [1.165, 1.54) is 0 Å². The summed E-state index contributed by atoms with van der Waals surface area (Å²) in [4.78, 5) is 4.03. The van der Waals surface area contributed by atoms with Crippen molar-refractivity contribution in [2.75, 3.05) is 6.26 Å². The lowest BCUT2D eigenvalue weighted by Gasteiger charge is -1.88. The van der Waals surface area contributed by atoms with E-state index in [0.29, 0.717) is 0 Å². The Kier molecular flexibility index (Phi) is 2.21. The van der Waals surface area contributed by atoms with Crippen molar-refractivity contribution >= 4 is 33.2 Å². The van der Waals surface area contributed by atoms with Crippen LogP contribution in [-0.2, 0) is 0 Å². The summed E-state index contributed by atoms with van der Waals surface area (Å²) < 4.78 is 2.16. The molecule has 0 fully saturated rings. The van der Waals surface area contributed by atoms with E-state index in [4.69, 9.17) is 5.26 Å². The molecule has 13 heavy (non-hydrogen) atoms. The molecule has 0 saturated heterocycles. The van der Waals surface area contributed by atoms with Crippen LogP contribution in [0.2, 0.25) is 0 Å². The van der Waals surface area contributed by atoms with Gasteiger partial charge < -0.3 is 0 Å². The minimum absolute atomic E-state index is 0.787. The van der Waals surface area contributed by atoms with Crippen molar-refractivity contribution in [1.29, 1.82) is 5.26 Å². The zero-order valence-corrected chi connectivity index (χ0v) is 8.58. The molecule has 2 heterocycles. The molecule has 0 atom stereocenters. The summed E-state index contributed by atoms with van der Waals surface area (Å²) in [6.45, 7) is 0. The zero-order chi connectivity index (χ0) is 9.26. The van der Waals surface area contributed by atoms with Crippen LogP contribution in [0.5, 0.6) is 0 Å². The second-order valence-corrected chi connectivity index (χ2v) is 4.58. The molecule has 0 saturated carbocycles. The lowest BCUT2D eigenvalue weighted by molar-refractivity contribution is 1.37. The maximum Gasteiger partial charge on any atom is 0.102 e. The standard InChI is InChI=1S/C9H6N2S2/c1-12-9-7(4-10)6-2-3-11-5-8(6)13-9/h2-3,5H,1H3. The molecule has 2 rings (SSSR count). The topological polar surface area (TPSA) is 36.7 Å². The van der Waals surface area contributed by atoms with Gasteiger partial charge in [-0.05, 0) is 12.3 Å². The molecule has 0 bridgehead atoms. The molecule has 2 nitrogen and oxygen atoms in total. The largest absolute Gasteiger partial charge is 0.263 e. The van der Waals surface area contributed by atoms with E-state index >= 15 is 0 Å². The molecule has 0 aliphatic heterocycles. The summed E-state index contributed by atoms with van der Waals surface area (Å²) in [6.07, 6.45) is 5.51. The maximum atomic E-state index is 8.96. The predicted octanol–water partition coefficient (Wildman–Crippen LogP) is 2.89. The highest BCUT2D eigenvalue weighted by atomic mass is 32.2. The highest BCUT2D eigenvalue weighted by molar-refractivity contribution is 8.00. The molecule has 0 aliphatic rings. The summed E-state index contributed by atoms with van der Waals surface area (Å²) in [5.74, 6) is 0. The molecule has 2 aromatic rings. The van der Waals surface area contributed by atoms with Crippen LogP contribution < -0.4 is 0 Å². The van der Waals surface area contributed by atoms with Crippen LogP contribution in [0.4, 0.5) is 0 Å². The molecule has 0 aliphatic carbocycles. The number of hydrogen-bond acceptors (Lipinski definition) is 4. The first kappa shape index (κ1) is 8.54. The van der Waals surface area contributed by atoms with Crippen LogP contribution >= 0.6 is 23.1 Å². The van der Waals surface area contributed by atoms with Gasteiger partial charge >= 0.3 is 0 Å². The zero-order valence-electron chi connectivity index (χ0n) is 6.94. The molecule has 64 valence electrons. The highest BCUT2D eigenvalue weighted by Crippen LogP contribution is 2.35. The van der Waals surface area contributed by atoms with Crippen LogP contribution in [-0.4, -0.2) is 11.2 Å². The summed E-state index contributed by atoms with van der Waals surface area (Å²) in [5, 5.41) is 9.98. The summed E-state index contributed by atoms with van der Waals surface area (Å²) >= 11 is 3.24. The van der Waals surface area contributed by atoms with Crippen molar-refractivity contribution in [3.63, 3.8) is 0 Å². The quantitative estimate of drug-likeness (QED) is 0.673. The summed E-state index contributed by atoms with van der Waals surface area (Å²) in [7, 11) is 0. The van der Waals surface area contributed by atoms with Gasteiger partial charge in [0.15, 0.2) is 0 Å². The fraction of sp³-hybridized carbons (Fsp3) is 0.111. The first-order valence-electron chi connectivity index (χ1n) is 3.67. The van der Waals surface area contributed by atoms with Gasteiger partial charge in [-0.25, -0.2) is 0 Å². The molecule has 0 unspecified atom stereocenters. The first-order chi connectivity index (χ1) is 6.36. The van der Waals surface area contributed by atoms with Crippen molar-refractivity contribution in [3.05, 3.63) is 24.0 Å². The number of pyridine rings is 1. The fourth-order valence-electron chi connectivity index (χ4n) is 1.18. The Bertz CT molecular complexity index is 482. The van der Waals surface area contributed by atoms with E-state index in [1.54, 1.807) is 35.5 Å². The average molecular weight is 206 g/mol. The van der Waals surface area contributed by atoms with Crippen LogP contribution in [0.15, 0.2) is 22.7 Å². The molecule has 2 aromatic heterocycles. The van der Waals surface area contributed by atoms with Gasteiger partial charge in [0.2, 0.25) is 0 Å². The van der Waals surface area contributed by atoms with Crippen LogP contribution in [0, 0.1) is 11.3 Å². The van der Waals surface area contributed by atoms with Gasteiger partial charge in [-0.2, -0.15) is 5.26 Å². The minimum Gasteiger partial charge on any atom is -0.263 e. The summed E-state index contributed by atoms with van der Waals surface area (Å²) in [6, 6.07) is 4.12. The van der Waals surface area contributed by atoms with Crippen molar-refractivity contribution in [3.8, 4) is 6.07 Å². The Hall–Kier alpha value is -1.05. The Morgan fingerprint density at radius 3 is 3.15 bits per heavy atom. The average Bonchev–Trinajstić information content (AvgIpc) is 2.55. The number of aromatic nitrogens is 1. The van der Waals surface area contributed by atoms with Crippen LogP contribution in [0.1, 0.15) is 5.56 Å². The van der Waals surface area contributed by atoms with Gasteiger partial charge in [-0.1, -0.05) is 0 Å². The Morgan fingerprint density at radius 1 is 1.62 bits per heavy atom. The monoisotopic (exact) mass is 206 g/mol.